The number of nitrogens with two attached hydrogens (primary N) is 1. The van der Waals surface area contributed by atoms with E-state index in [0.29, 0.717) is 16.3 Å². The van der Waals surface area contributed by atoms with Crippen LogP contribution in [0, 0.1) is 0 Å². The fourth-order valence-electron chi connectivity index (χ4n) is 2.94. The third kappa shape index (κ3) is 6.18. The van der Waals surface area contributed by atoms with Gasteiger partial charge in [0.1, 0.15) is 18.4 Å². The van der Waals surface area contributed by atoms with Gasteiger partial charge in [-0.25, -0.2) is 13.9 Å². The number of methoxy groups -OCH3 is 1. The van der Waals surface area contributed by atoms with E-state index in [0.717, 1.165) is 27.4 Å². The lowest BCUT2D eigenvalue weighted by atomic mass is 10.1. The van der Waals surface area contributed by atoms with Crippen LogP contribution in [0.25, 0.3) is 0 Å². The lowest BCUT2D eigenvalue weighted by Gasteiger charge is -2.27. The third-order valence-corrected chi connectivity index (χ3v) is 5.83. The number of hydrogen-bond acceptors (Lipinski definition) is 6. The van der Waals surface area contributed by atoms with E-state index in [1.54, 1.807) is 55.6 Å². The number of hydrogen-bond donors (Lipinski definition) is 2. The van der Waals surface area contributed by atoms with E-state index in [1.165, 1.54) is 0 Å². The number of aliphatic carboxylic acids is 1. The number of rotatable bonds is 9. The molecule has 3 rings (SSSR count). The maximum atomic E-state index is 13.0. The van der Waals surface area contributed by atoms with E-state index in [1.807, 2.05) is 30.3 Å². The van der Waals surface area contributed by atoms with Gasteiger partial charge < -0.3 is 20.3 Å². The van der Waals surface area contributed by atoms with Crippen molar-refractivity contribution < 1.29 is 24.2 Å². The molecule has 0 unspecified atom stereocenters. The Labute approximate surface area is 190 Å². The molecule has 3 aromatic carbocycles. The number of nitrogen functional groups attached to an aromatic ring is 1. The van der Waals surface area contributed by atoms with Crippen molar-refractivity contribution >= 4 is 29.7 Å². The highest BCUT2D eigenvalue weighted by Crippen LogP contribution is 2.32. The van der Waals surface area contributed by atoms with Crippen LogP contribution in [0.1, 0.15) is 11.1 Å². The fraction of sp³-hybridized carbons (Fsp3) is 0.167. The zero-order valence-corrected chi connectivity index (χ0v) is 18.3. The highest BCUT2D eigenvalue weighted by molar-refractivity contribution is 7.97. The quantitative estimate of drug-likeness (QED) is 0.361. The smallest absolute Gasteiger partial charge is 0.421 e. The van der Waals surface area contributed by atoms with Gasteiger partial charge in [0.2, 0.25) is 0 Å². The summed E-state index contributed by atoms with van der Waals surface area (Å²) < 4.78 is 11.7. The first-order chi connectivity index (χ1) is 15.5. The molecule has 3 aromatic rings. The maximum Gasteiger partial charge on any atom is 0.421 e. The summed E-state index contributed by atoms with van der Waals surface area (Å²) in [4.78, 5) is 25.8. The van der Waals surface area contributed by atoms with E-state index in [4.69, 9.17) is 15.2 Å². The minimum absolute atomic E-state index is 0.0237. The van der Waals surface area contributed by atoms with Crippen molar-refractivity contribution in [3.8, 4) is 5.75 Å². The highest BCUT2D eigenvalue weighted by Gasteiger charge is 2.33. The molecular formula is C24H24N2O5S. The summed E-state index contributed by atoms with van der Waals surface area (Å²) in [6, 6.07) is 22.0. The van der Waals surface area contributed by atoms with Gasteiger partial charge in [-0.05, 0) is 47.3 Å². The Hall–Kier alpha value is -3.65. The number of carbonyl (C=O) groups excluding carboxylic acids is 1. The van der Waals surface area contributed by atoms with E-state index < -0.39 is 18.1 Å². The molecule has 0 aliphatic rings. The molecule has 1 amide bonds. The van der Waals surface area contributed by atoms with E-state index >= 15 is 0 Å². The molecule has 166 valence electrons. The van der Waals surface area contributed by atoms with Gasteiger partial charge in [-0.2, -0.15) is 0 Å². The predicted octanol–water partition coefficient (Wildman–Crippen LogP) is 4.62. The largest absolute Gasteiger partial charge is 0.497 e. The van der Waals surface area contributed by atoms with Crippen LogP contribution in [0.3, 0.4) is 0 Å². The van der Waals surface area contributed by atoms with Crippen molar-refractivity contribution in [2.45, 2.75) is 24.0 Å². The Balaban J connectivity index is 1.85. The first kappa shape index (κ1) is 23.0. The van der Waals surface area contributed by atoms with Crippen LogP contribution in [-0.2, 0) is 22.6 Å². The monoisotopic (exact) mass is 452 g/mol. The van der Waals surface area contributed by atoms with Crippen molar-refractivity contribution in [1.29, 1.82) is 0 Å². The molecule has 1 atom stereocenters. The fourth-order valence-corrected chi connectivity index (χ4v) is 3.88. The summed E-state index contributed by atoms with van der Waals surface area (Å²) >= 11 is 0.950. The number of para-hydroxylation sites is 1. The van der Waals surface area contributed by atoms with Gasteiger partial charge in [0.15, 0.2) is 0 Å². The highest BCUT2D eigenvalue weighted by atomic mass is 32.2. The van der Waals surface area contributed by atoms with Crippen LogP contribution in [-0.4, -0.2) is 34.6 Å². The number of carboxylic acid groups (broad SMARTS) is 1. The molecule has 0 saturated heterocycles. The first-order valence-electron chi connectivity index (χ1n) is 9.86. The molecule has 0 spiro atoms. The van der Waals surface area contributed by atoms with Crippen LogP contribution in [0.2, 0.25) is 0 Å². The summed E-state index contributed by atoms with van der Waals surface area (Å²) in [7, 11) is 1.56. The lowest BCUT2D eigenvalue weighted by Crippen LogP contribution is -2.42. The molecule has 0 heterocycles. The normalized spacial score (nSPS) is 11.4. The Morgan fingerprint density at radius 3 is 2.25 bits per heavy atom. The molecule has 7 nitrogen and oxygen atoms in total. The van der Waals surface area contributed by atoms with Crippen LogP contribution >= 0.6 is 11.9 Å². The molecule has 0 saturated carbocycles. The number of anilines is 1. The van der Waals surface area contributed by atoms with Crippen molar-refractivity contribution in [2.24, 2.45) is 0 Å². The standard InChI is InChI=1S/C24H24N2O5S/c1-30-19-13-11-17(12-14-19)15-21(23(27)28)26(32-22-10-6-5-9-20(22)25)24(29)31-16-18-7-3-2-4-8-18/h2-14,21H,15-16,25H2,1H3,(H,27,28)/t21-/m0/s1. The molecule has 0 aliphatic carbocycles. The second-order valence-corrected chi connectivity index (χ2v) is 7.92. The molecule has 0 radical (unpaired) electrons. The molecule has 0 aliphatic heterocycles. The summed E-state index contributed by atoms with van der Waals surface area (Å²) in [5, 5.41) is 9.97. The SMILES string of the molecule is COc1ccc(C[C@@H](C(=O)O)N(Sc2ccccc2N)C(=O)OCc2ccccc2)cc1. The average Bonchev–Trinajstić information content (AvgIpc) is 2.81. The predicted molar refractivity (Wildman–Crippen MR) is 123 cm³/mol. The van der Waals surface area contributed by atoms with E-state index in [-0.39, 0.29) is 13.0 Å². The summed E-state index contributed by atoms with van der Waals surface area (Å²) in [5.41, 5.74) is 8.01. The van der Waals surface area contributed by atoms with Crippen molar-refractivity contribution in [1.82, 2.24) is 4.31 Å². The molecule has 0 bridgehead atoms. The van der Waals surface area contributed by atoms with Crippen molar-refractivity contribution in [2.75, 3.05) is 12.8 Å². The lowest BCUT2D eigenvalue weighted by molar-refractivity contribution is -0.141. The van der Waals surface area contributed by atoms with Crippen LogP contribution in [0.5, 0.6) is 5.75 Å². The van der Waals surface area contributed by atoms with Gasteiger partial charge in [-0.1, -0.05) is 54.6 Å². The number of benzene rings is 3. The zero-order chi connectivity index (χ0) is 22.9. The third-order valence-electron chi connectivity index (χ3n) is 4.66. The van der Waals surface area contributed by atoms with Gasteiger partial charge in [0.05, 0.1) is 12.0 Å². The van der Waals surface area contributed by atoms with Gasteiger partial charge in [-0.3, -0.25) is 0 Å². The molecule has 8 heteroatoms. The summed E-state index contributed by atoms with van der Waals surface area (Å²) in [6.45, 7) is 0.0237. The Kier molecular flexibility index (Phi) is 7.99. The second-order valence-electron chi connectivity index (χ2n) is 6.90. The summed E-state index contributed by atoms with van der Waals surface area (Å²) in [5.74, 6) is -0.495. The number of nitrogens with zero attached hydrogens (tertiary/aromatic N) is 1. The number of carbonyl (C=O) groups is 2. The minimum atomic E-state index is -1.18. The topological polar surface area (TPSA) is 102 Å². The summed E-state index contributed by atoms with van der Waals surface area (Å²) in [6.07, 6.45) is -0.678. The van der Waals surface area contributed by atoms with Gasteiger partial charge in [0.25, 0.3) is 0 Å². The van der Waals surface area contributed by atoms with Gasteiger partial charge in [0, 0.05) is 12.1 Å². The number of carboxylic acids is 1. The molecule has 0 aromatic heterocycles. The average molecular weight is 453 g/mol. The first-order valence-corrected chi connectivity index (χ1v) is 10.6. The van der Waals surface area contributed by atoms with Crippen molar-refractivity contribution in [3.05, 3.63) is 90.0 Å². The zero-order valence-electron chi connectivity index (χ0n) is 17.5. The Morgan fingerprint density at radius 2 is 1.62 bits per heavy atom. The maximum absolute atomic E-state index is 13.0. The van der Waals surface area contributed by atoms with E-state index in [2.05, 4.69) is 0 Å². The Bertz CT molecular complexity index is 1040. The molecule has 32 heavy (non-hydrogen) atoms. The van der Waals surface area contributed by atoms with Crippen LogP contribution in [0.15, 0.2) is 83.8 Å². The van der Waals surface area contributed by atoms with E-state index in [9.17, 15) is 14.7 Å². The van der Waals surface area contributed by atoms with Gasteiger partial charge >= 0.3 is 12.1 Å². The van der Waals surface area contributed by atoms with Gasteiger partial charge in [-0.15, -0.1) is 0 Å². The second kappa shape index (κ2) is 11.1. The molecular weight excluding hydrogens is 428 g/mol. The number of amides is 1. The van der Waals surface area contributed by atoms with Crippen molar-refractivity contribution in [3.63, 3.8) is 0 Å². The molecule has 3 N–H and O–H groups in total. The Morgan fingerprint density at radius 1 is 0.969 bits per heavy atom. The van der Waals surface area contributed by atoms with Crippen LogP contribution < -0.4 is 10.5 Å². The number of ether oxygens (including phenoxy) is 2. The minimum Gasteiger partial charge on any atom is -0.497 e. The van der Waals surface area contributed by atoms with Crippen LogP contribution in [0.4, 0.5) is 10.5 Å². The molecule has 0 fully saturated rings.